The number of sulfone groups is 1. The molecule has 2 rings (SSSR count). The fraction of sp³-hybridized carbons (Fsp3) is 0.125. The summed E-state index contributed by atoms with van der Waals surface area (Å²) in [5, 5.41) is 11.5. The first-order valence-corrected chi connectivity index (χ1v) is 8.72. The van der Waals surface area contributed by atoms with Gasteiger partial charge in [0, 0.05) is 17.5 Å². The lowest BCUT2D eigenvalue weighted by atomic mass is 10.1. The molecule has 7 heteroatoms. The molecule has 2 N–H and O–H groups in total. The summed E-state index contributed by atoms with van der Waals surface area (Å²) in [5.41, 5.74) is 1.39. The van der Waals surface area contributed by atoms with Gasteiger partial charge in [-0.1, -0.05) is 18.2 Å². The number of hydrogen-bond donors (Lipinski definition) is 2. The molecule has 0 unspecified atom stereocenters. The molecule has 6 nitrogen and oxygen atoms in total. The molecule has 1 amide bonds. The van der Waals surface area contributed by atoms with Crippen LogP contribution in [0.15, 0.2) is 48.5 Å². The molecular weight excluding hydrogens is 318 g/mol. The first-order valence-electron chi connectivity index (χ1n) is 6.66. The van der Waals surface area contributed by atoms with Crippen LogP contribution in [0.2, 0.25) is 0 Å². The van der Waals surface area contributed by atoms with Crippen molar-refractivity contribution in [3.05, 3.63) is 65.2 Å². The Balaban J connectivity index is 2.12. The number of benzene rings is 2. The molecule has 0 heterocycles. The van der Waals surface area contributed by atoms with Crippen LogP contribution in [-0.4, -0.2) is 31.7 Å². The van der Waals surface area contributed by atoms with E-state index < -0.39 is 21.7 Å². The van der Waals surface area contributed by atoms with Gasteiger partial charge in [0.1, 0.15) is 0 Å². The minimum Gasteiger partial charge on any atom is -0.478 e. The summed E-state index contributed by atoms with van der Waals surface area (Å²) in [4.78, 5) is 23.0. The van der Waals surface area contributed by atoms with Gasteiger partial charge in [0.05, 0.1) is 11.3 Å². The summed E-state index contributed by atoms with van der Waals surface area (Å²) in [7, 11) is -3.13. The molecule has 120 valence electrons. The van der Waals surface area contributed by atoms with E-state index in [2.05, 4.69) is 5.32 Å². The highest BCUT2D eigenvalue weighted by Crippen LogP contribution is 2.13. The third kappa shape index (κ3) is 4.93. The number of carboxylic acid groups (broad SMARTS) is 1. The summed E-state index contributed by atoms with van der Waals surface area (Å²) in [5.74, 6) is -1.57. The van der Waals surface area contributed by atoms with Crippen LogP contribution in [0.4, 0.5) is 5.69 Å². The van der Waals surface area contributed by atoms with Crippen molar-refractivity contribution in [3.8, 4) is 0 Å². The van der Waals surface area contributed by atoms with Crippen molar-refractivity contribution >= 4 is 27.4 Å². The van der Waals surface area contributed by atoms with Gasteiger partial charge in [-0.2, -0.15) is 0 Å². The zero-order valence-corrected chi connectivity index (χ0v) is 13.1. The minimum atomic E-state index is -3.13. The molecule has 0 saturated carbocycles. The monoisotopic (exact) mass is 333 g/mol. The van der Waals surface area contributed by atoms with Crippen molar-refractivity contribution in [2.75, 3.05) is 11.6 Å². The fourth-order valence-corrected chi connectivity index (χ4v) is 2.79. The van der Waals surface area contributed by atoms with E-state index in [-0.39, 0.29) is 11.3 Å². The second-order valence-corrected chi connectivity index (χ2v) is 7.25. The maximum Gasteiger partial charge on any atom is 0.335 e. The lowest BCUT2D eigenvalue weighted by Crippen LogP contribution is -2.12. The van der Waals surface area contributed by atoms with Crippen molar-refractivity contribution < 1.29 is 23.1 Å². The number of hydrogen-bond acceptors (Lipinski definition) is 4. The fourth-order valence-electron chi connectivity index (χ4n) is 1.99. The zero-order chi connectivity index (χ0) is 17.0. The number of carbonyl (C=O) groups is 2. The third-order valence-electron chi connectivity index (χ3n) is 3.01. The lowest BCUT2D eigenvalue weighted by Gasteiger charge is -2.07. The predicted octanol–water partition coefficient (Wildman–Crippen LogP) is 2.18. The van der Waals surface area contributed by atoms with Crippen LogP contribution in [0.5, 0.6) is 0 Å². The van der Waals surface area contributed by atoms with E-state index in [1.807, 2.05) is 0 Å². The van der Waals surface area contributed by atoms with Gasteiger partial charge >= 0.3 is 5.97 Å². The number of carboxylic acids is 1. The molecule has 0 radical (unpaired) electrons. The summed E-state index contributed by atoms with van der Waals surface area (Å²) < 4.78 is 22.4. The first-order chi connectivity index (χ1) is 10.7. The molecule has 0 bridgehead atoms. The van der Waals surface area contributed by atoms with Crippen molar-refractivity contribution in [1.82, 2.24) is 0 Å². The van der Waals surface area contributed by atoms with Crippen molar-refractivity contribution in [2.24, 2.45) is 0 Å². The van der Waals surface area contributed by atoms with E-state index in [0.29, 0.717) is 16.8 Å². The van der Waals surface area contributed by atoms with Gasteiger partial charge in [0.15, 0.2) is 9.84 Å². The van der Waals surface area contributed by atoms with Gasteiger partial charge in [-0.25, -0.2) is 13.2 Å². The first kappa shape index (κ1) is 16.7. The van der Waals surface area contributed by atoms with Gasteiger partial charge in [-0.3, -0.25) is 4.79 Å². The molecule has 0 aromatic heterocycles. The maximum absolute atomic E-state index is 12.1. The Morgan fingerprint density at radius 2 is 1.70 bits per heavy atom. The zero-order valence-electron chi connectivity index (χ0n) is 12.3. The van der Waals surface area contributed by atoms with Crippen molar-refractivity contribution in [3.63, 3.8) is 0 Å². The van der Waals surface area contributed by atoms with Crippen LogP contribution >= 0.6 is 0 Å². The molecule has 23 heavy (non-hydrogen) atoms. The second-order valence-electron chi connectivity index (χ2n) is 5.11. The molecular formula is C16H15NO5S. The Labute approximate surface area is 133 Å². The number of aromatic carboxylic acids is 1. The van der Waals surface area contributed by atoms with Crippen molar-refractivity contribution in [1.29, 1.82) is 0 Å². The molecule has 0 aliphatic rings. The van der Waals surface area contributed by atoms with Crippen LogP contribution in [0.1, 0.15) is 26.3 Å². The van der Waals surface area contributed by atoms with Gasteiger partial charge in [0.25, 0.3) is 5.91 Å². The minimum absolute atomic E-state index is 0.0753. The number of anilines is 1. The SMILES string of the molecule is CS(=O)(=O)Cc1ccc(C(=O)Nc2cccc(C(=O)O)c2)cc1. The number of rotatable bonds is 5. The van der Waals surface area contributed by atoms with Crippen LogP contribution < -0.4 is 5.32 Å². The predicted molar refractivity (Wildman–Crippen MR) is 86.3 cm³/mol. The molecule has 0 fully saturated rings. The Kier molecular flexibility index (Phi) is 4.80. The number of nitrogens with one attached hydrogen (secondary N) is 1. The maximum atomic E-state index is 12.1. The van der Waals surface area contributed by atoms with Crippen molar-refractivity contribution in [2.45, 2.75) is 5.75 Å². The van der Waals surface area contributed by atoms with E-state index >= 15 is 0 Å². The van der Waals surface area contributed by atoms with E-state index in [4.69, 9.17) is 5.11 Å². The summed E-state index contributed by atoms with van der Waals surface area (Å²) in [6.07, 6.45) is 1.14. The molecule has 0 aliphatic carbocycles. The summed E-state index contributed by atoms with van der Waals surface area (Å²) >= 11 is 0. The summed E-state index contributed by atoms with van der Waals surface area (Å²) in [6.45, 7) is 0. The van der Waals surface area contributed by atoms with Gasteiger partial charge in [-0.15, -0.1) is 0 Å². The standard InChI is InChI=1S/C16H15NO5S/c1-23(21,22)10-11-5-7-12(8-6-11)15(18)17-14-4-2-3-13(9-14)16(19)20/h2-9H,10H2,1H3,(H,17,18)(H,19,20). The van der Waals surface area contributed by atoms with E-state index in [0.717, 1.165) is 6.26 Å². The second kappa shape index (κ2) is 6.62. The molecule has 0 aliphatic heterocycles. The Morgan fingerprint density at radius 1 is 1.04 bits per heavy atom. The quantitative estimate of drug-likeness (QED) is 0.873. The van der Waals surface area contributed by atoms with Gasteiger partial charge < -0.3 is 10.4 Å². The third-order valence-corrected chi connectivity index (χ3v) is 3.87. The van der Waals surface area contributed by atoms with Gasteiger partial charge in [0.2, 0.25) is 0 Å². The Morgan fingerprint density at radius 3 is 2.26 bits per heavy atom. The molecule has 0 atom stereocenters. The van der Waals surface area contributed by atoms with Crippen LogP contribution in [0, 0.1) is 0 Å². The average molecular weight is 333 g/mol. The highest BCUT2D eigenvalue weighted by atomic mass is 32.2. The van der Waals surface area contributed by atoms with Crippen LogP contribution in [-0.2, 0) is 15.6 Å². The average Bonchev–Trinajstić information content (AvgIpc) is 2.46. The normalized spacial score (nSPS) is 11.0. The largest absolute Gasteiger partial charge is 0.478 e. The number of carbonyl (C=O) groups excluding carboxylic acids is 1. The van der Waals surface area contributed by atoms with Crippen LogP contribution in [0.25, 0.3) is 0 Å². The molecule has 2 aromatic carbocycles. The lowest BCUT2D eigenvalue weighted by molar-refractivity contribution is 0.0696. The van der Waals surface area contributed by atoms with E-state index in [9.17, 15) is 18.0 Å². The molecule has 0 spiro atoms. The highest BCUT2D eigenvalue weighted by Gasteiger charge is 2.10. The van der Waals surface area contributed by atoms with E-state index in [1.54, 1.807) is 18.2 Å². The van der Waals surface area contributed by atoms with E-state index in [1.165, 1.54) is 30.3 Å². The highest BCUT2D eigenvalue weighted by molar-refractivity contribution is 7.89. The Hall–Kier alpha value is -2.67. The Bertz CT molecular complexity index is 841. The van der Waals surface area contributed by atoms with Gasteiger partial charge in [-0.05, 0) is 35.9 Å². The smallest absolute Gasteiger partial charge is 0.335 e. The number of amides is 1. The molecule has 2 aromatic rings. The van der Waals surface area contributed by atoms with Crippen LogP contribution in [0.3, 0.4) is 0 Å². The topological polar surface area (TPSA) is 101 Å². The molecule has 0 saturated heterocycles. The summed E-state index contributed by atoms with van der Waals surface area (Å²) in [6, 6.07) is 12.1.